The van der Waals surface area contributed by atoms with Crippen molar-refractivity contribution in [1.82, 2.24) is 9.80 Å². The molecule has 4 aliphatic rings. The SMILES string of the molecule is CN1CCCC1C1=CN([C@H]2C(OCC3CC3)C(c3cc(C(F)(F)F)ccc3F)CC[C@H]2O)CC=C1. The van der Waals surface area contributed by atoms with Crippen molar-refractivity contribution in [3.05, 3.63) is 59.1 Å². The normalized spacial score (nSPS) is 32.2. The van der Waals surface area contributed by atoms with Crippen molar-refractivity contribution in [3.63, 3.8) is 0 Å². The number of aliphatic hydroxyl groups is 1. The zero-order valence-electron chi connectivity index (χ0n) is 20.1. The van der Waals surface area contributed by atoms with E-state index in [4.69, 9.17) is 4.74 Å². The van der Waals surface area contributed by atoms with Gasteiger partial charge in [0.25, 0.3) is 0 Å². The van der Waals surface area contributed by atoms with E-state index < -0.39 is 41.7 Å². The summed E-state index contributed by atoms with van der Waals surface area (Å²) in [5, 5.41) is 11.1. The molecular formula is C27H34F4N2O2. The molecule has 0 aromatic heterocycles. The average Bonchev–Trinajstić information content (AvgIpc) is 3.55. The zero-order chi connectivity index (χ0) is 24.7. The third-order valence-electron chi connectivity index (χ3n) is 8.07. The molecule has 8 heteroatoms. The first kappa shape index (κ1) is 24.8. The molecule has 0 spiro atoms. The van der Waals surface area contributed by atoms with Gasteiger partial charge in [-0.3, -0.25) is 4.90 Å². The molecule has 1 aromatic carbocycles. The minimum absolute atomic E-state index is 0.0322. The first-order valence-electron chi connectivity index (χ1n) is 12.7. The zero-order valence-corrected chi connectivity index (χ0v) is 20.1. The van der Waals surface area contributed by atoms with Crippen molar-refractivity contribution in [2.45, 2.75) is 74.9 Å². The van der Waals surface area contributed by atoms with Crippen LogP contribution in [0, 0.1) is 11.7 Å². The molecule has 3 unspecified atom stereocenters. The van der Waals surface area contributed by atoms with E-state index >= 15 is 0 Å². The van der Waals surface area contributed by atoms with Gasteiger partial charge in [-0.1, -0.05) is 12.2 Å². The lowest BCUT2D eigenvalue weighted by Gasteiger charge is -2.47. The number of ether oxygens (including phenoxy) is 1. The van der Waals surface area contributed by atoms with Gasteiger partial charge in [0, 0.05) is 31.3 Å². The average molecular weight is 495 g/mol. The molecular weight excluding hydrogens is 460 g/mol. The largest absolute Gasteiger partial charge is 0.416 e. The second kappa shape index (κ2) is 9.87. The van der Waals surface area contributed by atoms with E-state index in [9.17, 15) is 22.7 Å². The van der Waals surface area contributed by atoms with Crippen molar-refractivity contribution < 1.29 is 27.4 Å². The lowest BCUT2D eigenvalue weighted by molar-refractivity contribution is -0.137. The van der Waals surface area contributed by atoms with Crippen LogP contribution in [0.1, 0.15) is 55.6 Å². The van der Waals surface area contributed by atoms with Gasteiger partial charge in [-0.2, -0.15) is 13.2 Å². The highest BCUT2D eigenvalue weighted by Crippen LogP contribution is 2.42. The summed E-state index contributed by atoms with van der Waals surface area (Å²) in [4.78, 5) is 4.39. The van der Waals surface area contributed by atoms with Crippen LogP contribution >= 0.6 is 0 Å². The highest BCUT2D eigenvalue weighted by molar-refractivity contribution is 5.33. The molecule has 1 saturated heterocycles. The molecule has 2 aliphatic heterocycles. The van der Waals surface area contributed by atoms with Gasteiger partial charge < -0.3 is 14.7 Å². The Morgan fingerprint density at radius 1 is 1.11 bits per heavy atom. The minimum atomic E-state index is -4.55. The van der Waals surface area contributed by atoms with E-state index in [-0.39, 0.29) is 5.56 Å². The summed E-state index contributed by atoms with van der Waals surface area (Å²) in [6, 6.07) is 2.47. The highest BCUT2D eigenvalue weighted by atomic mass is 19.4. The predicted octanol–water partition coefficient (Wildman–Crippen LogP) is 5.10. The number of alkyl halides is 3. The van der Waals surface area contributed by atoms with Crippen molar-refractivity contribution in [1.29, 1.82) is 0 Å². The monoisotopic (exact) mass is 494 g/mol. The Balaban J connectivity index is 1.48. The van der Waals surface area contributed by atoms with Crippen molar-refractivity contribution >= 4 is 0 Å². The molecule has 0 bridgehead atoms. The fourth-order valence-electron chi connectivity index (χ4n) is 5.97. The van der Waals surface area contributed by atoms with E-state index in [1.54, 1.807) is 0 Å². The summed E-state index contributed by atoms with van der Waals surface area (Å²) < 4.78 is 61.7. The van der Waals surface area contributed by atoms with Gasteiger partial charge in [0.2, 0.25) is 0 Å². The van der Waals surface area contributed by atoms with Gasteiger partial charge in [0.15, 0.2) is 0 Å². The molecule has 5 rings (SSSR count). The number of halogens is 4. The summed E-state index contributed by atoms with van der Waals surface area (Å²) in [5.74, 6) is -0.789. The molecule has 35 heavy (non-hydrogen) atoms. The summed E-state index contributed by atoms with van der Waals surface area (Å²) in [5.41, 5.74) is 0.339. The maximum atomic E-state index is 15.0. The quantitative estimate of drug-likeness (QED) is 0.559. The molecule has 1 N–H and O–H groups in total. The topological polar surface area (TPSA) is 35.9 Å². The van der Waals surface area contributed by atoms with Crippen LogP contribution in [-0.2, 0) is 10.9 Å². The summed E-state index contributed by atoms with van der Waals surface area (Å²) in [7, 11) is 2.11. The third kappa shape index (κ3) is 5.30. The number of nitrogens with zero attached hydrogens (tertiary/aromatic N) is 2. The summed E-state index contributed by atoms with van der Waals surface area (Å²) in [6.07, 6.45) is 5.47. The lowest BCUT2D eigenvalue weighted by Crippen LogP contribution is -2.56. The maximum absolute atomic E-state index is 15.0. The standard InChI is InChI=1S/C27H34F4N2O2/c1-32-12-3-5-23(32)18-4-2-13-33(15-18)25-24(34)11-9-20(26(25)35-16-17-6-7-17)21-14-19(27(29,30)31)8-10-22(21)28/h2,4,8,10,14-15,17,20,23-26,34H,3,5-7,9,11-13,16H2,1H3/t20?,23?,24-,25-,26?/m1/s1. The molecule has 3 fully saturated rings. The van der Waals surface area contributed by atoms with E-state index in [1.807, 2.05) is 0 Å². The molecule has 2 heterocycles. The molecule has 1 aromatic rings. The second-order valence-corrected chi connectivity index (χ2v) is 10.6. The predicted molar refractivity (Wildman–Crippen MR) is 125 cm³/mol. The van der Waals surface area contributed by atoms with Crippen LogP contribution in [-0.4, -0.2) is 65.9 Å². The van der Waals surface area contributed by atoms with Crippen LogP contribution in [0.15, 0.2) is 42.1 Å². The number of likely N-dealkylation sites (N-methyl/N-ethyl adjacent to an activating group) is 1. The smallest absolute Gasteiger partial charge is 0.391 e. The number of aliphatic hydroxyl groups excluding tert-OH is 1. The van der Waals surface area contributed by atoms with E-state index in [0.717, 1.165) is 56.0 Å². The van der Waals surface area contributed by atoms with E-state index in [1.165, 1.54) is 0 Å². The van der Waals surface area contributed by atoms with Crippen LogP contribution in [0.5, 0.6) is 0 Å². The Hall–Kier alpha value is -1.90. The highest BCUT2D eigenvalue weighted by Gasteiger charge is 2.45. The van der Waals surface area contributed by atoms with Crippen LogP contribution in [0.25, 0.3) is 0 Å². The Labute approximate surface area is 204 Å². The number of rotatable bonds is 6. The van der Waals surface area contributed by atoms with E-state index in [2.05, 4.69) is 35.2 Å². The fourth-order valence-corrected chi connectivity index (χ4v) is 5.97. The van der Waals surface area contributed by atoms with Crippen molar-refractivity contribution in [2.75, 3.05) is 26.7 Å². The Morgan fingerprint density at radius 2 is 1.91 bits per heavy atom. The number of hydrogen-bond donors (Lipinski definition) is 1. The van der Waals surface area contributed by atoms with Gasteiger partial charge in [-0.15, -0.1) is 0 Å². The molecule has 0 amide bonds. The Kier molecular flexibility index (Phi) is 6.98. The van der Waals surface area contributed by atoms with E-state index in [0.29, 0.717) is 38.0 Å². The van der Waals surface area contributed by atoms with Crippen LogP contribution in [0.4, 0.5) is 17.6 Å². The molecule has 4 nitrogen and oxygen atoms in total. The number of likely N-dealkylation sites (tertiary alicyclic amines) is 1. The molecule has 0 radical (unpaired) electrons. The summed E-state index contributed by atoms with van der Waals surface area (Å²) >= 11 is 0. The minimum Gasteiger partial charge on any atom is -0.391 e. The molecule has 2 aliphatic carbocycles. The first-order chi connectivity index (χ1) is 16.7. The summed E-state index contributed by atoms with van der Waals surface area (Å²) in [6.45, 7) is 2.09. The molecule has 2 saturated carbocycles. The van der Waals surface area contributed by atoms with Crippen molar-refractivity contribution in [3.8, 4) is 0 Å². The third-order valence-corrected chi connectivity index (χ3v) is 8.07. The Morgan fingerprint density at radius 3 is 2.60 bits per heavy atom. The van der Waals surface area contributed by atoms with Gasteiger partial charge in [-0.25, -0.2) is 4.39 Å². The molecule has 192 valence electrons. The Bertz CT molecular complexity index is 974. The second-order valence-electron chi connectivity index (χ2n) is 10.6. The lowest BCUT2D eigenvalue weighted by atomic mass is 9.76. The van der Waals surface area contributed by atoms with Crippen LogP contribution in [0.2, 0.25) is 0 Å². The van der Waals surface area contributed by atoms with Gasteiger partial charge >= 0.3 is 6.18 Å². The van der Waals surface area contributed by atoms with Gasteiger partial charge in [-0.05, 0) is 87.4 Å². The number of benzene rings is 1. The number of hydrogen-bond acceptors (Lipinski definition) is 4. The van der Waals surface area contributed by atoms with Crippen LogP contribution in [0.3, 0.4) is 0 Å². The maximum Gasteiger partial charge on any atom is 0.416 e. The van der Waals surface area contributed by atoms with Gasteiger partial charge in [0.05, 0.1) is 23.8 Å². The van der Waals surface area contributed by atoms with Crippen LogP contribution < -0.4 is 0 Å². The fraction of sp³-hybridized carbons (Fsp3) is 0.630. The first-order valence-corrected chi connectivity index (χ1v) is 12.7. The molecule has 5 atom stereocenters. The van der Waals surface area contributed by atoms with Gasteiger partial charge in [0.1, 0.15) is 5.82 Å². The van der Waals surface area contributed by atoms with Crippen molar-refractivity contribution in [2.24, 2.45) is 5.92 Å².